The number of nitrogens with one attached hydrogen (secondary N) is 1. The van der Waals surface area contributed by atoms with E-state index < -0.39 is 14.9 Å². The molecule has 0 saturated carbocycles. The van der Waals surface area contributed by atoms with Crippen LogP contribution in [0.5, 0.6) is 0 Å². The van der Waals surface area contributed by atoms with Crippen LogP contribution in [0.4, 0.5) is 5.69 Å². The smallest absolute Gasteiger partial charge is 0.270 e. The van der Waals surface area contributed by atoms with Crippen molar-refractivity contribution in [3.63, 3.8) is 0 Å². The highest BCUT2D eigenvalue weighted by molar-refractivity contribution is 7.99. The van der Waals surface area contributed by atoms with Crippen LogP contribution in [0, 0.1) is 10.1 Å². The zero-order valence-electron chi connectivity index (χ0n) is 17.3. The molecule has 0 fully saturated rings. The quantitative estimate of drug-likeness (QED) is 0.382. The molecule has 2 aromatic heterocycles. The van der Waals surface area contributed by atoms with Gasteiger partial charge in [-0.2, -0.15) is 0 Å². The van der Waals surface area contributed by atoms with Gasteiger partial charge in [-0.15, -0.1) is 0 Å². The third kappa shape index (κ3) is 6.12. The monoisotopic (exact) mass is 461 g/mol. The van der Waals surface area contributed by atoms with E-state index in [9.17, 15) is 18.5 Å². The molecule has 31 heavy (non-hydrogen) atoms. The fraction of sp³-hybridized carbons (Fsp3) is 0.300. The first-order chi connectivity index (χ1) is 14.6. The number of aromatic nitrogens is 3. The summed E-state index contributed by atoms with van der Waals surface area (Å²) in [5.74, 6) is 0.607. The molecule has 0 aliphatic carbocycles. The number of imidazole rings is 1. The Hall–Kier alpha value is -2.76. The van der Waals surface area contributed by atoms with Crippen molar-refractivity contribution in [1.82, 2.24) is 19.3 Å². The standard InChI is InChI=1S/C20H23N5O4S2/c1-14(2)19-20(30-17-9-6-8-16(11-17)25(26)27)24(13-15-7-4-5-10-21-15)18(23-19)12-22-31(3,28)29/h4-11,14,22H,12-13H2,1-3H3. The molecule has 9 nitrogen and oxygen atoms in total. The number of nitrogens with zero attached hydrogens (tertiary/aromatic N) is 4. The maximum absolute atomic E-state index is 11.7. The van der Waals surface area contributed by atoms with E-state index in [1.54, 1.807) is 18.3 Å². The largest absolute Gasteiger partial charge is 0.315 e. The molecule has 1 aromatic carbocycles. The average molecular weight is 462 g/mol. The second-order valence-corrected chi connectivity index (χ2v) is 10.1. The minimum atomic E-state index is -3.41. The van der Waals surface area contributed by atoms with Crippen LogP contribution in [0.1, 0.15) is 37.0 Å². The molecular weight excluding hydrogens is 438 g/mol. The summed E-state index contributed by atoms with van der Waals surface area (Å²) in [5.41, 5.74) is 1.58. The molecule has 2 heterocycles. The molecule has 0 unspecified atom stereocenters. The molecule has 164 valence electrons. The highest BCUT2D eigenvalue weighted by Crippen LogP contribution is 2.36. The summed E-state index contributed by atoms with van der Waals surface area (Å²) in [5, 5.41) is 12.0. The molecule has 1 N–H and O–H groups in total. The number of hydrogen-bond donors (Lipinski definition) is 1. The van der Waals surface area contributed by atoms with E-state index in [1.165, 1.54) is 23.9 Å². The lowest BCUT2D eigenvalue weighted by molar-refractivity contribution is -0.385. The van der Waals surface area contributed by atoms with E-state index in [-0.39, 0.29) is 18.2 Å². The van der Waals surface area contributed by atoms with Gasteiger partial charge in [0, 0.05) is 23.2 Å². The van der Waals surface area contributed by atoms with Crippen molar-refractivity contribution >= 4 is 27.5 Å². The molecule has 0 bridgehead atoms. The van der Waals surface area contributed by atoms with Gasteiger partial charge in [-0.1, -0.05) is 37.7 Å². The number of pyridine rings is 1. The van der Waals surface area contributed by atoms with E-state index in [0.29, 0.717) is 17.3 Å². The molecule has 3 rings (SSSR count). The van der Waals surface area contributed by atoms with Crippen molar-refractivity contribution in [1.29, 1.82) is 0 Å². The van der Waals surface area contributed by atoms with Gasteiger partial charge in [0.15, 0.2) is 0 Å². The highest BCUT2D eigenvalue weighted by Gasteiger charge is 2.22. The first-order valence-electron chi connectivity index (χ1n) is 9.50. The van der Waals surface area contributed by atoms with Crippen molar-refractivity contribution < 1.29 is 13.3 Å². The molecule has 0 atom stereocenters. The van der Waals surface area contributed by atoms with Crippen LogP contribution in [-0.2, 0) is 23.1 Å². The van der Waals surface area contributed by atoms with Gasteiger partial charge in [-0.3, -0.25) is 15.1 Å². The maximum Gasteiger partial charge on any atom is 0.270 e. The van der Waals surface area contributed by atoms with Crippen LogP contribution in [0.15, 0.2) is 58.6 Å². The number of hydrogen-bond acceptors (Lipinski definition) is 7. The first kappa shape index (κ1) is 22.9. The second-order valence-electron chi connectivity index (χ2n) is 7.23. The van der Waals surface area contributed by atoms with E-state index in [4.69, 9.17) is 4.98 Å². The summed E-state index contributed by atoms with van der Waals surface area (Å²) >= 11 is 1.37. The van der Waals surface area contributed by atoms with Gasteiger partial charge >= 0.3 is 0 Å². The van der Waals surface area contributed by atoms with Crippen molar-refractivity contribution in [3.05, 3.63) is 76.0 Å². The van der Waals surface area contributed by atoms with Gasteiger partial charge in [0.2, 0.25) is 10.0 Å². The number of sulfonamides is 1. The van der Waals surface area contributed by atoms with Crippen LogP contribution < -0.4 is 4.72 Å². The van der Waals surface area contributed by atoms with Gasteiger partial charge in [-0.05, 0) is 24.1 Å². The third-order valence-corrected chi connectivity index (χ3v) is 6.14. The lowest BCUT2D eigenvalue weighted by Crippen LogP contribution is -2.23. The molecule has 3 aromatic rings. The summed E-state index contributed by atoms with van der Waals surface area (Å²) < 4.78 is 27.7. The molecule has 0 aliphatic rings. The normalized spacial score (nSPS) is 11.7. The minimum Gasteiger partial charge on any atom is -0.315 e. The van der Waals surface area contributed by atoms with Gasteiger partial charge in [0.05, 0.1) is 35.7 Å². The lowest BCUT2D eigenvalue weighted by Gasteiger charge is -2.13. The van der Waals surface area contributed by atoms with Crippen LogP contribution in [0.3, 0.4) is 0 Å². The summed E-state index contributed by atoms with van der Waals surface area (Å²) in [6, 6.07) is 12.0. The predicted molar refractivity (Wildman–Crippen MR) is 119 cm³/mol. The van der Waals surface area contributed by atoms with Gasteiger partial charge in [0.25, 0.3) is 5.69 Å². The van der Waals surface area contributed by atoms with Crippen molar-refractivity contribution in [2.75, 3.05) is 6.26 Å². The molecule has 11 heteroatoms. The summed E-state index contributed by atoms with van der Waals surface area (Å²) in [4.78, 5) is 20.5. The van der Waals surface area contributed by atoms with Gasteiger partial charge < -0.3 is 4.57 Å². The van der Waals surface area contributed by atoms with Gasteiger partial charge in [0.1, 0.15) is 10.9 Å². The minimum absolute atomic E-state index is 0.00542. The molecule has 0 spiro atoms. The Balaban J connectivity index is 2.08. The van der Waals surface area contributed by atoms with E-state index in [2.05, 4.69) is 9.71 Å². The van der Waals surface area contributed by atoms with Crippen molar-refractivity contribution in [3.8, 4) is 0 Å². The Morgan fingerprint density at radius 2 is 2.00 bits per heavy atom. The molecule has 0 aliphatic heterocycles. The van der Waals surface area contributed by atoms with E-state index >= 15 is 0 Å². The van der Waals surface area contributed by atoms with Crippen molar-refractivity contribution in [2.24, 2.45) is 0 Å². The van der Waals surface area contributed by atoms with Crippen LogP contribution >= 0.6 is 11.8 Å². The first-order valence-corrected chi connectivity index (χ1v) is 12.2. The van der Waals surface area contributed by atoms with Crippen LogP contribution in [-0.4, -0.2) is 34.1 Å². The highest BCUT2D eigenvalue weighted by atomic mass is 32.2. The molecule has 0 amide bonds. The predicted octanol–water partition coefficient (Wildman–Crippen LogP) is 3.56. The Labute approximate surface area is 185 Å². The number of benzene rings is 1. The Bertz CT molecular complexity index is 1180. The second kappa shape index (κ2) is 9.58. The van der Waals surface area contributed by atoms with E-state index in [0.717, 1.165) is 22.7 Å². The van der Waals surface area contributed by atoms with Crippen molar-refractivity contribution in [2.45, 2.75) is 42.8 Å². The summed E-state index contributed by atoms with van der Waals surface area (Å²) in [6.45, 7) is 4.41. The zero-order valence-corrected chi connectivity index (χ0v) is 19.0. The van der Waals surface area contributed by atoms with Crippen LogP contribution in [0.2, 0.25) is 0 Å². The Morgan fingerprint density at radius 1 is 1.23 bits per heavy atom. The fourth-order valence-electron chi connectivity index (χ4n) is 2.91. The fourth-order valence-corrected chi connectivity index (χ4v) is 4.51. The summed E-state index contributed by atoms with van der Waals surface area (Å²) in [7, 11) is -3.41. The number of non-ortho nitro benzene ring substituents is 1. The SMILES string of the molecule is CC(C)c1nc(CNS(C)(=O)=O)n(Cc2ccccn2)c1Sc1cccc([N+](=O)[O-])c1. The van der Waals surface area contributed by atoms with Crippen LogP contribution in [0.25, 0.3) is 0 Å². The molecular formula is C20H23N5O4S2. The topological polar surface area (TPSA) is 120 Å². The Kier molecular flexibility index (Phi) is 7.08. The van der Waals surface area contributed by atoms with Gasteiger partial charge in [-0.25, -0.2) is 18.1 Å². The molecule has 0 saturated heterocycles. The maximum atomic E-state index is 11.7. The summed E-state index contributed by atoms with van der Waals surface area (Å²) in [6.07, 6.45) is 2.79. The molecule has 0 radical (unpaired) electrons. The average Bonchev–Trinajstić information content (AvgIpc) is 3.04. The third-order valence-electron chi connectivity index (χ3n) is 4.35. The Morgan fingerprint density at radius 3 is 2.61 bits per heavy atom. The lowest BCUT2D eigenvalue weighted by atomic mass is 10.1. The number of nitro benzene ring substituents is 1. The van der Waals surface area contributed by atoms with E-state index in [1.807, 2.05) is 36.6 Å². The number of rotatable bonds is 9. The number of nitro groups is 1. The zero-order chi connectivity index (χ0) is 22.6.